The van der Waals surface area contributed by atoms with Crippen molar-refractivity contribution in [2.24, 2.45) is 5.92 Å². The number of carbonyl (C=O) groups excluding carboxylic acids is 2. The lowest BCUT2D eigenvalue weighted by Gasteiger charge is -2.31. The fourth-order valence-corrected chi connectivity index (χ4v) is 6.67. The maximum absolute atomic E-state index is 14.9. The molecule has 2 saturated heterocycles. The predicted octanol–water partition coefficient (Wildman–Crippen LogP) is 3.92. The Morgan fingerprint density at radius 2 is 1.81 bits per heavy atom. The van der Waals surface area contributed by atoms with E-state index in [1.807, 2.05) is 13.8 Å². The molecule has 0 bridgehead atoms. The van der Waals surface area contributed by atoms with Crippen molar-refractivity contribution in [3.63, 3.8) is 0 Å². The summed E-state index contributed by atoms with van der Waals surface area (Å²) in [4.78, 5) is 28.7. The second-order valence-electron chi connectivity index (χ2n) is 12.1. The van der Waals surface area contributed by atoms with Crippen molar-refractivity contribution < 1.29 is 27.8 Å². The summed E-state index contributed by atoms with van der Waals surface area (Å²) in [5.74, 6) is -2.58. The van der Waals surface area contributed by atoms with Gasteiger partial charge >= 0.3 is 5.97 Å². The largest absolute Gasteiger partial charge is 0.462 e. The first-order valence-corrected chi connectivity index (χ1v) is 15.4. The molecule has 2 aromatic rings. The summed E-state index contributed by atoms with van der Waals surface area (Å²) in [7, 11) is 0. The third kappa shape index (κ3) is 7.54. The smallest absolute Gasteiger partial charge is 0.323 e. The maximum atomic E-state index is 14.9. The normalized spacial score (nSPS) is 21.8. The number of rotatable bonds is 11. The molecule has 2 fully saturated rings. The number of halogens is 2. The molecule has 0 radical (unpaired) electrons. The molecule has 1 aliphatic carbocycles. The van der Waals surface area contributed by atoms with E-state index in [9.17, 15) is 18.4 Å². The Balaban J connectivity index is 1.21. The van der Waals surface area contributed by atoms with E-state index < -0.39 is 23.6 Å². The lowest BCUT2D eigenvalue weighted by Crippen LogP contribution is -2.45. The van der Waals surface area contributed by atoms with Gasteiger partial charge in [0.15, 0.2) is 0 Å². The van der Waals surface area contributed by atoms with Crippen LogP contribution in [0.5, 0.6) is 0 Å². The van der Waals surface area contributed by atoms with Gasteiger partial charge in [-0.25, -0.2) is 8.78 Å². The molecule has 2 aliphatic heterocycles. The number of esters is 1. The SMILES string of the molecule is CC(C)OC(=O)[C@H](Cc1ccc2c(c1)CCC2)NCCNC(=O)[C@@H]1CN(C2CCOCC2)C[C@H]1c1ccc(F)cc1F. The maximum Gasteiger partial charge on any atom is 0.323 e. The summed E-state index contributed by atoms with van der Waals surface area (Å²) in [6.07, 6.45) is 5.35. The van der Waals surface area contributed by atoms with Gasteiger partial charge in [-0.15, -0.1) is 0 Å². The summed E-state index contributed by atoms with van der Waals surface area (Å²) in [5, 5.41) is 6.30. The van der Waals surface area contributed by atoms with E-state index >= 15 is 0 Å². The summed E-state index contributed by atoms with van der Waals surface area (Å²) in [6.45, 7) is 6.73. The number of aryl methyl sites for hydroxylation is 2. The first-order chi connectivity index (χ1) is 20.3. The highest BCUT2D eigenvalue weighted by Crippen LogP contribution is 2.37. The molecule has 9 heteroatoms. The van der Waals surface area contributed by atoms with Gasteiger partial charge in [0.1, 0.15) is 17.7 Å². The van der Waals surface area contributed by atoms with E-state index in [1.165, 1.54) is 23.3 Å². The molecule has 0 unspecified atom stereocenters. The van der Waals surface area contributed by atoms with Gasteiger partial charge in [0.05, 0.1) is 12.0 Å². The molecule has 228 valence electrons. The second kappa shape index (κ2) is 14.1. The first kappa shape index (κ1) is 30.6. The Bertz CT molecular complexity index is 1250. The van der Waals surface area contributed by atoms with Crippen LogP contribution >= 0.6 is 0 Å². The van der Waals surface area contributed by atoms with Crippen molar-refractivity contribution in [3.8, 4) is 0 Å². The van der Waals surface area contributed by atoms with Crippen LogP contribution in [0.1, 0.15) is 61.3 Å². The monoisotopic (exact) mass is 583 g/mol. The van der Waals surface area contributed by atoms with Crippen molar-refractivity contribution in [3.05, 3.63) is 70.3 Å². The van der Waals surface area contributed by atoms with Gasteiger partial charge in [0, 0.05) is 57.4 Å². The van der Waals surface area contributed by atoms with Gasteiger partial charge in [0.25, 0.3) is 0 Å². The van der Waals surface area contributed by atoms with Gasteiger partial charge in [-0.3, -0.25) is 14.5 Å². The highest BCUT2D eigenvalue weighted by molar-refractivity contribution is 5.80. The predicted molar refractivity (Wildman–Crippen MR) is 156 cm³/mol. The number of nitrogens with zero attached hydrogens (tertiary/aromatic N) is 1. The Hall–Kier alpha value is -2.88. The molecule has 0 saturated carbocycles. The third-order valence-corrected chi connectivity index (χ3v) is 8.81. The average Bonchev–Trinajstić information content (AvgIpc) is 3.62. The lowest BCUT2D eigenvalue weighted by molar-refractivity contribution is -0.149. The minimum atomic E-state index is -0.631. The molecule has 42 heavy (non-hydrogen) atoms. The first-order valence-electron chi connectivity index (χ1n) is 15.4. The number of carbonyl (C=O) groups is 2. The minimum absolute atomic E-state index is 0.167. The summed E-state index contributed by atoms with van der Waals surface area (Å²) in [6, 6.07) is 9.79. The molecule has 5 rings (SSSR count). The number of hydrogen-bond donors (Lipinski definition) is 2. The van der Waals surface area contributed by atoms with Crippen molar-refractivity contribution in [1.82, 2.24) is 15.5 Å². The van der Waals surface area contributed by atoms with Crippen LogP contribution < -0.4 is 10.6 Å². The number of likely N-dealkylation sites (tertiary alicyclic amines) is 1. The van der Waals surface area contributed by atoms with E-state index in [0.29, 0.717) is 51.4 Å². The Morgan fingerprint density at radius 1 is 1.02 bits per heavy atom. The second-order valence-corrected chi connectivity index (χ2v) is 12.1. The topological polar surface area (TPSA) is 79.9 Å². The van der Waals surface area contributed by atoms with E-state index in [2.05, 4.69) is 33.7 Å². The standard InChI is InChI=1S/C33H43F2N3O4/c1-21(2)42-33(40)31(17-22-6-7-23-4-3-5-24(23)16-22)36-12-13-37-32(39)29-20-38(26-10-14-41-15-11-26)19-28(29)27-9-8-25(34)18-30(27)35/h6-9,16,18,21,26,28-29,31,36H,3-5,10-15,17,19-20H2,1-2H3,(H,37,39)/t28-,29+,31-/m0/s1. The molecule has 7 nitrogen and oxygen atoms in total. The number of fused-ring (bicyclic) bond motifs is 1. The quantitative estimate of drug-likeness (QED) is 0.309. The van der Waals surface area contributed by atoms with E-state index in [4.69, 9.17) is 9.47 Å². The van der Waals surface area contributed by atoms with Crippen molar-refractivity contribution in [1.29, 1.82) is 0 Å². The number of hydrogen-bond acceptors (Lipinski definition) is 6. The van der Waals surface area contributed by atoms with Gasteiger partial charge in [-0.1, -0.05) is 24.3 Å². The number of benzene rings is 2. The molecule has 3 atom stereocenters. The van der Waals surface area contributed by atoms with Crippen LogP contribution in [-0.4, -0.2) is 74.4 Å². The highest BCUT2D eigenvalue weighted by atomic mass is 19.1. The zero-order valence-electron chi connectivity index (χ0n) is 24.7. The summed E-state index contributed by atoms with van der Waals surface area (Å²) < 4.78 is 39.6. The molecule has 2 heterocycles. The van der Waals surface area contributed by atoms with Crippen molar-refractivity contribution >= 4 is 11.9 Å². The molecule has 1 amide bonds. The van der Waals surface area contributed by atoms with Crippen molar-refractivity contribution in [2.45, 2.75) is 76.5 Å². The minimum Gasteiger partial charge on any atom is -0.462 e. The Kier molecular flexibility index (Phi) is 10.2. The van der Waals surface area contributed by atoms with Crippen LogP contribution in [-0.2, 0) is 38.3 Å². The highest BCUT2D eigenvalue weighted by Gasteiger charge is 2.42. The lowest BCUT2D eigenvalue weighted by atomic mass is 9.88. The molecule has 2 aromatic carbocycles. The van der Waals surface area contributed by atoms with Crippen LogP contribution in [0.2, 0.25) is 0 Å². The summed E-state index contributed by atoms with van der Waals surface area (Å²) in [5.41, 5.74) is 4.20. The fourth-order valence-electron chi connectivity index (χ4n) is 6.67. The molecule has 2 N–H and O–H groups in total. The van der Waals surface area contributed by atoms with E-state index in [1.54, 1.807) is 0 Å². The number of ether oxygens (including phenoxy) is 2. The van der Waals surface area contributed by atoms with Crippen LogP contribution in [0.3, 0.4) is 0 Å². The Labute approximate surface area is 247 Å². The van der Waals surface area contributed by atoms with Crippen LogP contribution in [0.15, 0.2) is 36.4 Å². The van der Waals surface area contributed by atoms with Crippen LogP contribution in [0, 0.1) is 17.6 Å². The van der Waals surface area contributed by atoms with Gasteiger partial charge in [-0.05, 0) is 80.7 Å². The van der Waals surface area contributed by atoms with Gasteiger partial charge in [0.2, 0.25) is 5.91 Å². The van der Waals surface area contributed by atoms with Crippen molar-refractivity contribution in [2.75, 3.05) is 39.4 Å². The number of nitrogens with one attached hydrogen (secondary N) is 2. The summed E-state index contributed by atoms with van der Waals surface area (Å²) >= 11 is 0. The van der Waals surface area contributed by atoms with E-state index in [0.717, 1.165) is 43.7 Å². The van der Waals surface area contributed by atoms with Gasteiger partial charge < -0.3 is 20.1 Å². The number of amides is 1. The molecular weight excluding hydrogens is 540 g/mol. The molecule has 0 aromatic heterocycles. The Morgan fingerprint density at radius 3 is 2.57 bits per heavy atom. The average molecular weight is 584 g/mol. The molecule has 0 spiro atoms. The molecular formula is C33H43F2N3O4. The van der Waals surface area contributed by atoms with Gasteiger partial charge in [-0.2, -0.15) is 0 Å². The fraction of sp³-hybridized carbons (Fsp3) is 0.576. The van der Waals surface area contributed by atoms with E-state index in [-0.39, 0.29) is 29.9 Å². The third-order valence-electron chi connectivity index (χ3n) is 8.81. The van der Waals surface area contributed by atoms with Crippen LogP contribution in [0.4, 0.5) is 8.78 Å². The molecule has 3 aliphatic rings. The zero-order chi connectivity index (χ0) is 29.6. The van der Waals surface area contributed by atoms with Crippen LogP contribution in [0.25, 0.3) is 0 Å². The zero-order valence-corrected chi connectivity index (χ0v) is 24.7.